The molecular formula is C19H20FN5O2. The highest BCUT2D eigenvalue weighted by Crippen LogP contribution is 2.32. The Morgan fingerprint density at radius 3 is 3.00 bits per heavy atom. The van der Waals surface area contributed by atoms with E-state index in [1.165, 1.54) is 13.8 Å². The van der Waals surface area contributed by atoms with E-state index < -0.39 is 5.67 Å². The van der Waals surface area contributed by atoms with Gasteiger partial charge in [0.1, 0.15) is 23.7 Å². The van der Waals surface area contributed by atoms with E-state index in [0.29, 0.717) is 36.1 Å². The largest absolute Gasteiger partial charge is 0.491 e. The highest BCUT2D eigenvalue weighted by molar-refractivity contribution is 5.99. The molecule has 0 atom stereocenters. The topological polar surface area (TPSA) is 91.9 Å². The number of nitrogens with zero attached hydrogens (tertiary/aromatic N) is 2. The molecule has 0 saturated carbocycles. The summed E-state index contributed by atoms with van der Waals surface area (Å²) in [7, 11) is 0. The summed E-state index contributed by atoms with van der Waals surface area (Å²) in [5.41, 5.74) is 1.61. The van der Waals surface area contributed by atoms with Gasteiger partial charge in [-0.15, -0.1) is 0 Å². The fourth-order valence-corrected chi connectivity index (χ4v) is 2.94. The molecule has 140 valence electrons. The minimum absolute atomic E-state index is 0.121. The lowest BCUT2D eigenvalue weighted by Crippen LogP contribution is -2.25. The van der Waals surface area contributed by atoms with Crippen molar-refractivity contribution in [1.82, 2.24) is 20.3 Å². The maximum absolute atomic E-state index is 13.6. The molecule has 1 amide bonds. The van der Waals surface area contributed by atoms with Crippen LogP contribution in [0.15, 0.2) is 30.6 Å². The number of fused-ring (bicyclic) bond motifs is 2. The molecule has 3 N–H and O–H groups in total. The number of anilines is 1. The van der Waals surface area contributed by atoms with Gasteiger partial charge < -0.3 is 20.4 Å². The molecule has 2 aromatic heterocycles. The summed E-state index contributed by atoms with van der Waals surface area (Å²) in [5, 5.41) is 6.52. The van der Waals surface area contributed by atoms with Gasteiger partial charge in [-0.25, -0.2) is 9.37 Å². The monoisotopic (exact) mass is 369 g/mol. The molecule has 4 rings (SSSR count). The minimum atomic E-state index is -1.35. The number of benzene rings is 1. The molecule has 0 saturated heterocycles. The second kappa shape index (κ2) is 6.53. The van der Waals surface area contributed by atoms with Gasteiger partial charge in [0.2, 0.25) is 5.95 Å². The third-order valence-corrected chi connectivity index (χ3v) is 4.28. The Morgan fingerprint density at radius 2 is 2.19 bits per heavy atom. The van der Waals surface area contributed by atoms with Crippen molar-refractivity contribution in [3.8, 4) is 16.9 Å². The van der Waals surface area contributed by atoms with E-state index in [4.69, 9.17) is 4.74 Å². The molecule has 0 bridgehead atoms. The Labute approximate surface area is 155 Å². The third-order valence-electron chi connectivity index (χ3n) is 4.28. The van der Waals surface area contributed by atoms with Crippen molar-refractivity contribution in [1.29, 1.82) is 0 Å². The number of halogens is 1. The van der Waals surface area contributed by atoms with Crippen molar-refractivity contribution in [2.75, 3.05) is 25.0 Å². The van der Waals surface area contributed by atoms with Crippen LogP contribution in [0.4, 0.5) is 10.3 Å². The standard InChI is InChI=1S/C19H20FN5O2/c1-19(2,20)10-24-18-23-9-14-13(8-22-16(14)25-18)11-3-4-12-15(7-11)27-6-5-21-17(12)26/h3-4,7-9H,5-6,10H2,1-2H3,(H,21,26)(H2,22,23,24,25). The highest BCUT2D eigenvalue weighted by atomic mass is 19.1. The van der Waals surface area contributed by atoms with Crippen LogP contribution >= 0.6 is 0 Å². The maximum atomic E-state index is 13.6. The molecule has 0 unspecified atom stereocenters. The molecule has 7 nitrogen and oxygen atoms in total. The number of rotatable bonds is 4. The van der Waals surface area contributed by atoms with Crippen molar-refractivity contribution >= 4 is 22.9 Å². The number of H-pyrrole nitrogens is 1. The SMILES string of the molecule is CC(C)(F)CNc1ncc2c(-c3ccc4c(c3)OCCNC4=O)c[nH]c2n1. The van der Waals surface area contributed by atoms with Crippen LogP contribution in [-0.4, -0.2) is 46.2 Å². The van der Waals surface area contributed by atoms with Gasteiger partial charge in [0.15, 0.2) is 0 Å². The van der Waals surface area contributed by atoms with Crippen molar-refractivity contribution in [2.24, 2.45) is 0 Å². The number of alkyl halides is 1. The van der Waals surface area contributed by atoms with Crippen LogP contribution < -0.4 is 15.4 Å². The van der Waals surface area contributed by atoms with E-state index in [-0.39, 0.29) is 12.5 Å². The van der Waals surface area contributed by atoms with E-state index in [9.17, 15) is 9.18 Å². The first-order valence-corrected chi connectivity index (χ1v) is 8.73. The predicted octanol–water partition coefficient (Wildman–Crippen LogP) is 2.91. The average Bonchev–Trinajstić information content (AvgIpc) is 2.96. The summed E-state index contributed by atoms with van der Waals surface area (Å²) in [6, 6.07) is 5.47. The summed E-state index contributed by atoms with van der Waals surface area (Å²) in [4.78, 5) is 23.8. The van der Waals surface area contributed by atoms with Gasteiger partial charge in [-0.3, -0.25) is 4.79 Å². The van der Waals surface area contributed by atoms with Crippen LogP contribution in [0.3, 0.4) is 0 Å². The zero-order valence-corrected chi connectivity index (χ0v) is 15.1. The molecule has 1 aliphatic heterocycles. The number of amides is 1. The third kappa shape index (κ3) is 3.55. The van der Waals surface area contributed by atoms with Crippen LogP contribution in [-0.2, 0) is 0 Å². The Bertz CT molecular complexity index is 1010. The lowest BCUT2D eigenvalue weighted by molar-refractivity contribution is 0.0957. The van der Waals surface area contributed by atoms with Crippen LogP contribution in [0.5, 0.6) is 5.75 Å². The second-order valence-electron chi connectivity index (χ2n) is 7.05. The van der Waals surface area contributed by atoms with Crippen LogP contribution in [0.1, 0.15) is 24.2 Å². The van der Waals surface area contributed by atoms with Crippen molar-refractivity contribution < 1.29 is 13.9 Å². The first-order valence-electron chi connectivity index (χ1n) is 8.73. The van der Waals surface area contributed by atoms with E-state index in [2.05, 4.69) is 25.6 Å². The Balaban J connectivity index is 1.66. The summed E-state index contributed by atoms with van der Waals surface area (Å²) >= 11 is 0. The highest BCUT2D eigenvalue weighted by Gasteiger charge is 2.19. The fourth-order valence-electron chi connectivity index (χ4n) is 2.94. The summed E-state index contributed by atoms with van der Waals surface area (Å²) in [6.45, 7) is 4.02. The molecule has 0 spiro atoms. The lowest BCUT2D eigenvalue weighted by atomic mass is 10.0. The molecule has 1 aromatic carbocycles. The minimum Gasteiger partial charge on any atom is -0.491 e. The number of ether oxygens (including phenoxy) is 1. The summed E-state index contributed by atoms with van der Waals surface area (Å²) in [6.07, 6.45) is 3.53. The first-order chi connectivity index (χ1) is 12.9. The number of nitrogens with one attached hydrogen (secondary N) is 3. The van der Waals surface area contributed by atoms with E-state index >= 15 is 0 Å². The molecule has 0 radical (unpaired) electrons. The zero-order valence-electron chi connectivity index (χ0n) is 15.1. The quantitative estimate of drug-likeness (QED) is 0.658. The number of carbonyl (C=O) groups excluding carboxylic acids is 1. The van der Waals surface area contributed by atoms with Gasteiger partial charge in [0, 0.05) is 23.3 Å². The van der Waals surface area contributed by atoms with E-state index in [1.54, 1.807) is 12.3 Å². The van der Waals surface area contributed by atoms with Gasteiger partial charge in [0.05, 0.1) is 18.7 Å². The first kappa shape index (κ1) is 17.3. The Hall–Kier alpha value is -3.16. The van der Waals surface area contributed by atoms with E-state index in [1.807, 2.05) is 18.3 Å². The molecule has 0 aliphatic carbocycles. The molecule has 27 heavy (non-hydrogen) atoms. The van der Waals surface area contributed by atoms with Gasteiger partial charge in [0.25, 0.3) is 5.91 Å². The number of aromatic nitrogens is 3. The van der Waals surface area contributed by atoms with Crippen molar-refractivity contribution in [3.05, 3.63) is 36.2 Å². The summed E-state index contributed by atoms with van der Waals surface area (Å²) in [5.74, 6) is 0.785. The fraction of sp³-hybridized carbons (Fsp3) is 0.316. The van der Waals surface area contributed by atoms with Crippen molar-refractivity contribution in [3.63, 3.8) is 0 Å². The lowest BCUT2D eigenvalue weighted by Gasteiger charge is -2.14. The van der Waals surface area contributed by atoms with Crippen LogP contribution in [0, 0.1) is 0 Å². The van der Waals surface area contributed by atoms with Gasteiger partial charge >= 0.3 is 0 Å². The normalized spacial score (nSPS) is 14.3. The van der Waals surface area contributed by atoms with Gasteiger partial charge in [-0.2, -0.15) is 4.98 Å². The number of aromatic amines is 1. The molecule has 8 heteroatoms. The molecule has 3 heterocycles. The second-order valence-corrected chi connectivity index (χ2v) is 7.05. The smallest absolute Gasteiger partial charge is 0.255 e. The molecule has 0 fully saturated rings. The predicted molar refractivity (Wildman–Crippen MR) is 101 cm³/mol. The van der Waals surface area contributed by atoms with Gasteiger partial charge in [-0.05, 0) is 31.5 Å². The van der Waals surface area contributed by atoms with Crippen molar-refractivity contribution in [2.45, 2.75) is 19.5 Å². The Morgan fingerprint density at radius 1 is 1.33 bits per heavy atom. The number of hydrogen-bond donors (Lipinski definition) is 3. The zero-order chi connectivity index (χ0) is 19.0. The molecule has 3 aromatic rings. The molecular weight excluding hydrogens is 349 g/mol. The number of carbonyl (C=O) groups is 1. The summed E-state index contributed by atoms with van der Waals surface area (Å²) < 4.78 is 19.3. The van der Waals surface area contributed by atoms with Crippen LogP contribution in [0.25, 0.3) is 22.2 Å². The van der Waals surface area contributed by atoms with E-state index in [0.717, 1.165) is 16.5 Å². The van der Waals surface area contributed by atoms with Crippen LogP contribution in [0.2, 0.25) is 0 Å². The van der Waals surface area contributed by atoms with Gasteiger partial charge in [-0.1, -0.05) is 6.07 Å². The number of hydrogen-bond acceptors (Lipinski definition) is 5. The molecule has 1 aliphatic rings. The maximum Gasteiger partial charge on any atom is 0.255 e. The Kier molecular flexibility index (Phi) is 4.18. The average molecular weight is 369 g/mol.